The van der Waals surface area contributed by atoms with E-state index in [0.717, 1.165) is 6.07 Å². The first-order valence-electron chi connectivity index (χ1n) is 8.80. The molecule has 1 saturated heterocycles. The average Bonchev–Trinajstić information content (AvgIpc) is 2.82. The predicted molar refractivity (Wildman–Crippen MR) is 101 cm³/mol. The van der Waals surface area contributed by atoms with Crippen LogP contribution in [-0.4, -0.2) is 61.2 Å². The highest BCUT2D eigenvalue weighted by Gasteiger charge is 2.33. The van der Waals surface area contributed by atoms with Gasteiger partial charge in [-0.2, -0.15) is 8.61 Å². The van der Waals surface area contributed by atoms with Gasteiger partial charge < -0.3 is 4.57 Å². The summed E-state index contributed by atoms with van der Waals surface area (Å²) in [7, 11) is -5.94. The molecule has 2 heterocycles. The third-order valence-corrected chi connectivity index (χ3v) is 8.69. The summed E-state index contributed by atoms with van der Waals surface area (Å²) in [5.41, 5.74) is 0.317. The van der Waals surface area contributed by atoms with E-state index in [9.17, 15) is 21.2 Å². The van der Waals surface area contributed by atoms with Gasteiger partial charge in [0.05, 0.1) is 4.90 Å². The molecule has 1 aliphatic rings. The first-order valence-corrected chi connectivity index (χ1v) is 11.7. The highest BCUT2D eigenvalue weighted by molar-refractivity contribution is 7.89. The van der Waals surface area contributed by atoms with Gasteiger partial charge in [-0.15, -0.1) is 0 Å². The van der Waals surface area contributed by atoms with Crippen LogP contribution in [0.2, 0.25) is 0 Å². The molecule has 0 N–H and O–H groups in total. The van der Waals surface area contributed by atoms with Gasteiger partial charge in [0.25, 0.3) is 10.0 Å². The molecular weight excluding hydrogens is 407 g/mol. The van der Waals surface area contributed by atoms with Gasteiger partial charge >= 0.3 is 0 Å². The molecule has 11 heteroatoms. The molecule has 0 amide bonds. The van der Waals surface area contributed by atoms with E-state index in [1.165, 1.54) is 33.9 Å². The van der Waals surface area contributed by atoms with E-state index in [-0.39, 0.29) is 36.1 Å². The van der Waals surface area contributed by atoms with E-state index in [0.29, 0.717) is 17.8 Å². The van der Waals surface area contributed by atoms with Crippen LogP contribution in [0.5, 0.6) is 0 Å². The van der Waals surface area contributed by atoms with E-state index in [4.69, 9.17) is 0 Å². The number of imidazole rings is 1. The second-order valence-corrected chi connectivity index (χ2v) is 10.6. The van der Waals surface area contributed by atoms with Crippen molar-refractivity contribution in [3.8, 4) is 0 Å². The molecule has 0 spiro atoms. The van der Waals surface area contributed by atoms with Crippen molar-refractivity contribution in [1.82, 2.24) is 18.2 Å². The molecule has 28 heavy (non-hydrogen) atoms. The lowest BCUT2D eigenvalue weighted by molar-refractivity contribution is 0.403. The molecule has 1 aromatic heterocycles. The van der Waals surface area contributed by atoms with Gasteiger partial charge in [0.15, 0.2) is 5.03 Å². The molecule has 0 unspecified atom stereocenters. The third kappa shape index (κ3) is 3.84. The second kappa shape index (κ2) is 7.54. The number of halogens is 1. The number of hydrogen-bond acceptors (Lipinski definition) is 5. The van der Waals surface area contributed by atoms with Crippen LogP contribution in [0, 0.1) is 19.7 Å². The van der Waals surface area contributed by atoms with Crippen molar-refractivity contribution >= 4 is 20.0 Å². The first kappa shape index (κ1) is 20.9. The Labute approximate surface area is 164 Å². The van der Waals surface area contributed by atoms with Gasteiger partial charge in [-0.1, -0.05) is 0 Å². The highest BCUT2D eigenvalue weighted by Crippen LogP contribution is 2.23. The molecule has 3 rings (SSSR count). The van der Waals surface area contributed by atoms with Crippen molar-refractivity contribution < 1.29 is 21.2 Å². The number of nitrogens with zero attached hydrogens (tertiary/aromatic N) is 4. The lowest BCUT2D eigenvalue weighted by atomic mass is 10.2. The summed E-state index contributed by atoms with van der Waals surface area (Å²) in [4.78, 5) is 4.12. The number of aryl methyl sites for hydroxylation is 3. The summed E-state index contributed by atoms with van der Waals surface area (Å²) in [6, 6.07) is 3.53. The topological polar surface area (TPSA) is 92.6 Å². The van der Waals surface area contributed by atoms with Crippen molar-refractivity contribution in [3.05, 3.63) is 41.6 Å². The summed E-state index contributed by atoms with van der Waals surface area (Å²) < 4.78 is 69.1. The molecule has 1 aliphatic heterocycles. The van der Waals surface area contributed by atoms with E-state index in [2.05, 4.69) is 4.98 Å². The smallest absolute Gasteiger partial charge is 0.262 e. The molecule has 1 fully saturated rings. The Morgan fingerprint density at radius 2 is 1.57 bits per heavy atom. The van der Waals surface area contributed by atoms with Crippen LogP contribution in [0.15, 0.2) is 34.3 Å². The fourth-order valence-corrected chi connectivity index (χ4v) is 6.35. The number of hydrogen-bond donors (Lipinski definition) is 0. The zero-order valence-electron chi connectivity index (χ0n) is 16.0. The maximum absolute atomic E-state index is 13.3. The minimum atomic E-state index is -3.84. The third-order valence-electron chi connectivity index (χ3n) is 4.86. The summed E-state index contributed by atoms with van der Waals surface area (Å²) in [5.74, 6) is 0.0691. The SMILES string of the molecule is Cc1cc(F)ccc1S(=O)(=O)N1CCCN(S(=O)(=O)c2cn(C)c(C)n2)CC1. The Hall–Kier alpha value is -1.82. The number of aromatic nitrogens is 2. The Morgan fingerprint density at radius 3 is 2.11 bits per heavy atom. The maximum atomic E-state index is 13.3. The van der Waals surface area contributed by atoms with Gasteiger partial charge in [-0.25, -0.2) is 26.2 Å². The number of sulfonamides is 2. The molecule has 0 saturated carbocycles. The Morgan fingerprint density at radius 1 is 0.964 bits per heavy atom. The van der Waals surface area contributed by atoms with E-state index in [1.54, 1.807) is 18.5 Å². The number of rotatable bonds is 4. The quantitative estimate of drug-likeness (QED) is 0.728. The molecule has 0 atom stereocenters. The minimum absolute atomic E-state index is 0.0181. The largest absolute Gasteiger partial charge is 0.337 e. The van der Waals surface area contributed by atoms with Crippen molar-refractivity contribution in [2.45, 2.75) is 30.2 Å². The van der Waals surface area contributed by atoms with Crippen molar-refractivity contribution in [2.24, 2.45) is 7.05 Å². The Balaban J connectivity index is 1.83. The highest BCUT2D eigenvalue weighted by atomic mass is 32.2. The maximum Gasteiger partial charge on any atom is 0.262 e. The average molecular weight is 431 g/mol. The molecular formula is C17H23FN4O4S2. The summed E-state index contributed by atoms with van der Waals surface area (Å²) in [6.45, 7) is 3.68. The molecule has 2 aromatic rings. The normalized spacial score (nSPS) is 17.6. The number of benzene rings is 1. The lowest BCUT2D eigenvalue weighted by Gasteiger charge is -2.22. The Bertz CT molecular complexity index is 1080. The van der Waals surface area contributed by atoms with Crippen LogP contribution in [-0.2, 0) is 27.1 Å². The standard InChI is InChI=1S/C17H23FN4O4S2/c1-13-11-15(18)5-6-16(13)27(23,24)21-7-4-8-22(10-9-21)28(25,26)17-12-20(3)14(2)19-17/h5-6,11-12H,4,7-10H2,1-3H3. The van der Waals surface area contributed by atoms with E-state index < -0.39 is 25.9 Å². The van der Waals surface area contributed by atoms with Crippen LogP contribution >= 0.6 is 0 Å². The molecule has 8 nitrogen and oxygen atoms in total. The summed E-state index contributed by atoms with van der Waals surface area (Å²) in [6.07, 6.45) is 1.80. The first-order chi connectivity index (χ1) is 13.0. The summed E-state index contributed by atoms with van der Waals surface area (Å²) >= 11 is 0. The van der Waals surface area contributed by atoms with Crippen LogP contribution in [0.25, 0.3) is 0 Å². The van der Waals surface area contributed by atoms with Crippen LogP contribution in [0.1, 0.15) is 17.8 Å². The zero-order chi connectivity index (χ0) is 20.7. The molecule has 0 aliphatic carbocycles. The van der Waals surface area contributed by atoms with Gasteiger partial charge in [0, 0.05) is 39.4 Å². The van der Waals surface area contributed by atoms with Crippen molar-refractivity contribution in [2.75, 3.05) is 26.2 Å². The fourth-order valence-electron chi connectivity index (χ4n) is 3.17. The second-order valence-electron chi connectivity index (χ2n) is 6.81. The van der Waals surface area contributed by atoms with E-state index in [1.807, 2.05) is 0 Å². The molecule has 154 valence electrons. The Kier molecular flexibility index (Phi) is 5.63. The monoisotopic (exact) mass is 430 g/mol. The van der Waals surface area contributed by atoms with E-state index >= 15 is 0 Å². The van der Waals surface area contributed by atoms with Crippen molar-refractivity contribution in [3.63, 3.8) is 0 Å². The summed E-state index contributed by atoms with van der Waals surface area (Å²) in [5, 5.41) is -0.0433. The molecule has 0 bridgehead atoms. The van der Waals surface area contributed by atoms with Gasteiger partial charge in [-0.3, -0.25) is 0 Å². The zero-order valence-corrected chi connectivity index (χ0v) is 17.6. The lowest BCUT2D eigenvalue weighted by Crippen LogP contribution is -2.37. The van der Waals surface area contributed by atoms with Gasteiger partial charge in [0.2, 0.25) is 10.0 Å². The van der Waals surface area contributed by atoms with Crippen LogP contribution in [0.3, 0.4) is 0 Å². The minimum Gasteiger partial charge on any atom is -0.337 e. The van der Waals surface area contributed by atoms with Gasteiger partial charge in [-0.05, 0) is 44.0 Å². The fraction of sp³-hybridized carbons (Fsp3) is 0.471. The predicted octanol–water partition coefficient (Wildman–Crippen LogP) is 1.26. The van der Waals surface area contributed by atoms with Crippen LogP contribution in [0.4, 0.5) is 4.39 Å². The molecule has 0 radical (unpaired) electrons. The molecule has 1 aromatic carbocycles. The van der Waals surface area contributed by atoms with Crippen LogP contribution < -0.4 is 0 Å². The van der Waals surface area contributed by atoms with Crippen molar-refractivity contribution in [1.29, 1.82) is 0 Å². The van der Waals surface area contributed by atoms with Gasteiger partial charge in [0.1, 0.15) is 11.6 Å².